The minimum Gasteiger partial charge on any atom is -0.481 e. The highest BCUT2D eigenvalue weighted by Crippen LogP contribution is 2.15. The summed E-state index contributed by atoms with van der Waals surface area (Å²) in [5, 5.41) is 8.86. The molecule has 178 valence electrons. The number of carbonyl (C=O) groups excluding carboxylic acids is 1. The summed E-state index contributed by atoms with van der Waals surface area (Å²) in [6.07, 6.45) is 23.7. The third-order valence-corrected chi connectivity index (χ3v) is 5.80. The predicted octanol–water partition coefficient (Wildman–Crippen LogP) is 8.21. The first-order valence-electron chi connectivity index (χ1n) is 13.0. The molecule has 0 fully saturated rings. The van der Waals surface area contributed by atoms with Gasteiger partial charge in [-0.2, -0.15) is 0 Å². The van der Waals surface area contributed by atoms with Crippen molar-refractivity contribution in [3.63, 3.8) is 0 Å². The third kappa shape index (κ3) is 21.6. The number of unbranched alkanes of at least 4 members (excludes halogenated alkanes) is 16. The van der Waals surface area contributed by atoms with Gasteiger partial charge in [-0.05, 0) is 12.8 Å². The fraction of sp³-hybridized carbons (Fsp3) is 0.923. The van der Waals surface area contributed by atoms with Gasteiger partial charge < -0.3 is 9.84 Å². The minimum atomic E-state index is -0.904. The number of ether oxygens (including phenoxy) is 1. The van der Waals surface area contributed by atoms with Gasteiger partial charge in [-0.15, -0.1) is 0 Å². The number of carboxylic acids is 1. The van der Waals surface area contributed by atoms with Crippen molar-refractivity contribution in [2.45, 2.75) is 155 Å². The Balaban J connectivity index is 3.34. The van der Waals surface area contributed by atoms with Crippen LogP contribution in [-0.4, -0.2) is 23.1 Å². The molecule has 4 heteroatoms. The highest BCUT2D eigenvalue weighted by atomic mass is 16.5. The van der Waals surface area contributed by atoms with E-state index in [1.54, 1.807) is 0 Å². The van der Waals surface area contributed by atoms with Gasteiger partial charge in [-0.3, -0.25) is 9.59 Å². The molecule has 30 heavy (non-hydrogen) atoms. The zero-order chi connectivity index (χ0) is 22.3. The van der Waals surface area contributed by atoms with Gasteiger partial charge in [0.05, 0.1) is 6.42 Å². The molecular weight excluding hydrogens is 376 g/mol. The van der Waals surface area contributed by atoms with Gasteiger partial charge in [0.2, 0.25) is 0 Å². The smallest absolute Gasteiger partial charge is 0.307 e. The number of carbonyl (C=O) groups is 2. The fourth-order valence-corrected chi connectivity index (χ4v) is 3.96. The summed E-state index contributed by atoms with van der Waals surface area (Å²) in [7, 11) is 0. The maximum absolute atomic E-state index is 11.9. The molecule has 0 saturated heterocycles. The van der Waals surface area contributed by atoms with E-state index in [1.165, 1.54) is 96.3 Å². The number of carboxylic acid groups (broad SMARTS) is 1. The van der Waals surface area contributed by atoms with Crippen molar-refractivity contribution in [3.05, 3.63) is 0 Å². The summed E-state index contributed by atoms with van der Waals surface area (Å²) in [6.45, 7) is 4.24. The van der Waals surface area contributed by atoms with Crippen LogP contribution in [-0.2, 0) is 14.3 Å². The first kappa shape index (κ1) is 28.9. The summed E-state index contributed by atoms with van der Waals surface area (Å²) in [6, 6.07) is 0. The van der Waals surface area contributed by atoms with Gasteiger partial charge in [0.15, 0.2) is 0 Å². The minimum absolute atomic E-state index is 0.0847. The molecule has 0 aromatic heterocycles. The Morgan fingerprint density at radius 2 is 1.03 bits per heavy atom. The van der Waals surface area contributed by atoms with Crippen LogP contribution in [0.1, 0.15) is 149 Å². The lowest BCUT2D eigenvalue weighted by molar-refractivity contribution is -0.153. The van der Waals surface area contributed by atoms with Crippen LogP contribution < -0.4 is 0 Å². The fourth-order valence-electron chi connectivity index (χ4n) is 3.96. The third-order valence-electron chi connectivity index (χ3n) is 5.80. The molecule has 0 radical (unpaired) electrons. The maximum atomic E-state index is 11.9. The molecule has 0 rings (SSSR count). The number of hydrogen-bond donors (Lipinski definition) is 1. The lowest BCUT2D eigenvalue weighted by Gasteiger charge is -2.15. The molecule has 0 heterocycles. The number of rotatable bonds is 23. The molecule has 1 unspecified atom stereocenters. The highest BCUT2D eigenvalue weighted by molar-refractivity contribution is 5.71. The Hall–Kier alpha value is -1.06. The van der Waals surface area contributed by atoms with Gasteiger partial charge in [0, 0.05) is 6.42 Å². The first-order valence-corrected chi connectivity index (χ1v) is 13.0. The Kier molecular flexibility index (Phi) is 21.8. The van der Waals surface area contributed by atoms with E-state index in [4.69, 9.17) is 9.84 Å². The number of esters is 1. The van der Waals surface area contributed by atoms with Crippen molar-refractivity contribution in [2.75, 3.05) is 0 Å². The molecule has 4 nitrogen and oxygen atoms in total. The Morgan fingerprint density at radius 3 is 1.40 bits per heavy atom. The van der Waals surface area contributed by atoms with Crippen molar-refractivity contribution < 1.29 is 19.4 Å². The van der Waals surface area contributed by atoms with E-state index in [2.05, 4.69) is 6.92 Å². The maximum Gasteiger partial charge on any atom is 0.307 e. The van der Waals surface area contributed by atoms with Crippen LogP contribution in [0.25, 0.3) is 0 Å². The second-order valence-corrected chi connectivity index (χ2v) is 8.91. The largest absolute Gasteiger partial charge is 0.481 e. The average molecular weight is 427 g/mol. The SMILES string of the molecule is CCCCCCCCCCCCCCCCCCCC(=O)OC(CCC)CC(=O)O. The lowest BCUT2D eigenvalue weighted by Crippen LogP contribution is -2.21. The van der Waals surface area contributed by atoms with E-state index in [0.29, 0.717) is 12.8 Å². The second-order valence-electron chi connectivity index (χ2n) is 8.91. The average Bonchev–Trinajstić information content (AvgIpc) is 2.70. The monoisotopic (exact) mass is 426 g/mol. The molecule has 1 N–H and O–H groups in total. The zero-order valence-electron chi connectivity index (χ0n) is 20.1. The molecule has 0 aromatic carbocycles. The highest BCUT2D eigenvalue weighted by Gasteiger charge is 2.16. The molecule has 0 amide bonds. The van der Waals surface area contributed by atoms with Crippen LogP contribution in [0.5, 0.6) is 0 Å². The van der Waals surface area contributed by atoms with Crippen LogP contribution in [0, 0.1) is 0 Å². The van der Waals surface area contributed by atoms with Gasteiger partial charge in [-0.1, -0.05) is 123 Å². The summed E-state index contributed by atoms with van der Waals surface area (Å²) in [5.41, 5.74) is 0. The zero-order valence-corrected chi connectivity index (χ0v) is 20.1. The van der Waals surface area contributed by atoms with Crippen LogP contribution >= 0.6 is 0 Å². The number of hydrogen-bond acceptors (Lipinski definition) is 3. The van der Waals surface area contributed by atoms with Gasteiger partial charge in [0.1, 0.15) is 6.10 Å². The van der Waals surface area contributed by atoms with Crippen molar-refractivity contribution in [2.24, 2.45) is 0 Å². The van der Waals surface area contributed by atoms with E-state index in [9.17, 15) is 9.59 Å². The van der Waals surface area contributed by atoms with Crippen molar-refractivity contribution in [1.29, 1.82) is 0 Å². The predicted molar refractivity (Wildman–Crippen MR) is 126 cm³/mol. The molecular formula is C26H50O4. The molecule has 0 aromatic rings. The number of aliphatic carboxylic acids is 1. The van der Waals surface area contributed by atoms with E-state index >= 15 is 0 Å². The van der Waals surface area contributed by atoms with E-state index < -0.39 is 12.1 Å². The van der Waals surface area contributed by atoms with Crippen molar-refractivity contribution in [3.8, 4) is 0 Å². The molecule has 0 spiro atoms. The summed E-state index contributed by atoms with van der Waals surface area (Å²) in [4.78, 5) is 22.7. The lowest BCUT2D eigenvalue weighted by atomic mass is 10.0. The Bertz CT molecular complexity index is 394. The molecule has 0 aliphatic heterocycles. The Morgan fingerprint density at radius 1 is 0.633 bits per heavy atom. The summed E-state index contributed by atoms with van der Waals surface area (Å²) in [5.74, 6) is -1.14. The van der Waals surface area contributed by atoms with Gasteiger partial charge in [-0.25, -0.2) is 0 Å². The molecule has 0 bridgehead atoms. The van der Waals surface area contributed by atoms with Crippen LogP contribution in [0.4, 0.5) is 0 Å². The normalized spacial score (nSPS) is 12.1. The molecule has 1 atom stereocenters. The quantitative estimate of drug-likeness (QED) is 0.132. The Labute approximate surface area is 186 Å². The van der Waals surface area contributed by atoms with E-state index in [1.807, 2.05) is 6.92 Å². The first-order chi connectivity index (χ1) is 14.6. The van der Waals surface area contributed by atoms with Crippen LogP contribution in [0.15, 0.2) is 0 Å². The van der Waals surface area contributed by atoms with E-state index in [0.717, 1.165) is 19.3 Å². The molecule has 0 saturated carbocycles. The molecule has 0 aliphatic carbocycles. The topological polar surface area (TPSA) is 63.6 Å². The second kappa shape index (κ2) is 22.6. The standard InChI is InChI=1S/C26H50O4/c1-3-5-6-7-8-9-10-11-12-13-14-15-16-17-18-19-20-22-26(29)30-24(21-4-2)23-25(27)28/h24H,3-23H2,1-2H3,(H,27,28). The van der Waals surface area contributed by atoms with Crippen molar-refractivity contribution in [1.82, 2.24) is 0 Å². The van der Waals surface area contributed by atoms with E-state index in [-0.39, 0.29) is 12.4 Å². The van der Waals surface area contributed by atoms with Crippen molar-refractivity contribution >= 4 is 11.9 Å². The summed E-state index contributed by atoms with van der Waals surface area (Å²) < 4.78 is 5.31. The molecule has 0 aliphatic rings. The van der Waals surface area contributed by atoms with Crippen LogP contribution in [0.3, 0.4) is 0 Å². The van der Waals surface area contributed by atoms with Gasteiger partial charge in [0.25, 0.3) is 0 Å². The van der Waals surface area contributed by atoms with Gasteiger partial charge >= 0.3 is 11.9 Å². The van der Waals surface area contributed by atoms with Crippen LogP contribution in [0.2, 0.25) is 0 Å². The summed E-state index contributed by atoms with van der Waals surface area (Å²) >= 11 is 0.